The second kappa shape index (κ2) is 3.25. The van der Waals surface area contributed by atoms with E-state index in [0.717, 1.165) is 0 Å². The Bertz CT molecular complexity index is 8.00. The van der Waals surface area contributed by atoms with Gasteiger partial charge in [-0.05, 0) is 0 Å². The van der Waals surface area contributed by atoms with Gasteiger partial charge in [0.2, 0.25) is 0 Å². The molecule has 0 aromatic carbocycles. The standard InChI is InChI=1S/C2H5ClN/c1-4-2-3/h2H2,1H3. The topological polar surface area (TPSA) is 14.1 Å². The van der Waals surface area contributed by atoms with Crippen LogP contribution in [-0.4, -0.2) is 13.1 Å². The van der Waals surface area contributed by atoms with Gasteiger partial charge in [0, 0.05) is 7.05 Å². The van der Waals surface area contributed by atoms with Crippen molar-refractivity contribution < 1.29 is 0 Å². The highest BCUT2D eigenvalue weighted by Crippen LogP contribution is 1.58. The van der Waals surface area contributed by atoms with Gasteiger partial charge in [-0.25, -0.2) is 5.32 Å². The zero-order valence-corrected chi connectivity index (χ0v) is 3.29. The summed E-state index contributed by atoms with van der Waals surface area (Å²) in [5, 5.41) is 3.50. The maximum Gasteiger partial charge on any atom is 0.0874 e. The second-order valence-electron chi connectivity index (χ2n) is 0.436. The molecule has 1 radical (unpaired) electrons. The van der Waals surface area contributed by atoms with Gasteiger partial charge in [-0.1, -0.05) is 0 Å². The third-order valence-electron chi connectivity index (χ3n) is 0.120. The van der Waals surface area contributed by atoms with Crippen LogP contribution in [0.2, 0.25) is 0 Å². The summed E-state index contributed by atoms with van der Waals surface area (Å²) in [6, 6.07) is 0.417. The third kappa shape index (κ3) is 2.25. The molecule has 0 rings (SSSR count). The fourth-order valence-electron chi connectivity index (χ4n) is 0. The van der Waals surface area contributed by atoms with Crippen molar-refractivity contribution in [3.63, 3.8) is 0 Å². The molecule has 2 heteroatoms. The Morgan fingerprint density at radius 2 is 2.25 bits per heavy atom. The van der Waals surface area contributed by atoms with Crippen molar-refractivity contribution in [3.8, 4) is 0 Å². The summed E-state index contributed by atoms with van der Waals surface area (Å²) in [7, 11) is 1.67. The quantitative estimate of drug-likeness (QED) is 0.319. The van der Waals surface area contributed by atoms with E-state index >= 15 is 0 Å². The molecule has 0 saturated heterocycles. The summed E-state index contributed by atoms with van der Waals surface area (Å²) in [6.45, 7) is 0. The van der Waals surface area contributed by atoms with Crippen LogP contribution >= 0.6 is 11.6 Å². The minimum Gasteiger partial charge on any atom is -0.229 e. The van der Waals surface area contributed by atoms with E-state index < -0.39 is 0 Å². The van der Waals surface area contributed by atoms with E-state index in [-0.39, 0.29) is 0 Å². The van der Waals surface area contributed by atoms with E-state index in [9.17, 15) is 0 Å². The molecule has 0 aliphatic carbocycles. The van der Waals surface area contributed by atoms with Gasteiger partial charge < -0.3 is 0 Å². The van der Waals surface area contributed by atoms with Gasteiger partial charge in [-0.3, -0.25) is 0 Å². The zero-order valence-electron chi connectivity index (χ0n) is 2.53. The van der Waals surface area contributed by atoms with E-state index in [1.807, 2.05) is 0 Å². The lowest BCUT2D eigenvalue weighted by Crippen LogP contribution is -1.87. The lowest BCUT2D eigenvalue weighted by Gasteiger charge is -1.69. The molecule has 0 unspecified atom stereocenters. The molecule has 0 amide bonds. The van der Waals surface area contributed by atoms with Crippen molar-refractivity contribution in [2.45, 2.75) is 0 Å². The van der Waals surface area contributed by atoms with E-state index in [4.69, 9.17) is 11.6 Å². The van der Waals surface area contributed by atoms with Crippen LogP contribution in [0.15, 0.2) is 0 Å². The Labute approximate surface area is 31.0 Å². The van der Waals surface area contributed by atoms with Crippen molar-refractivity contribution in [3.05, 3.63) is 0 Å². The molecule has 0 atom stereocenters. The SMILES string of the molecule is C[N]CCl. The van der Waals surface area contributed by atoms with E-state index in [1.54, 1.807) is 7.05 Å². The minimum absolute atomic E-state index is 0.417. The van der Waals surface area contributed by atoms with Gasteiger partial charge >= 0.3 is 0 Å². The van der Waals surface area contributed by atoms with Crippen molar-refractivity contribution in [2.75, 3.05) is 13.1 Å². The highest BCUT2D eigenvalue weighted by Gasteiger charge is 1.56. The Kier molecular flexibility index (Phi) is 3.45. The first-order valence-corrected chi connectivity index (χ1v) is 1.57. The molecule has 0 aliphatic rings. The molecule has 0 N–H and O–H groups in total. The minimum atomic E-state index is 0.417. The Morgan fingerprint density at radius 3 is 2.25 bits per heavy atom. The summed E-state index contributed by atoms with van der Waals surface area (Å²) in [5.41, 5.74) is 0. The maximum atomic E-state index is 5.02. The van der Waals surface area contributed by atoms with E-state index in [1.165, 1.54) is 0 Å². The predicted molar refractivity (Wildman–Crippen MR) is 18.8 cm³/mol. The average molecular weight is 78.5 g/mol. The first kappa shape index (κ1) is 4.25. The zero-order chi connectivity index (χ0) is 3.41. The normalized spacial score (nSPS) is 7.50. The number of rotatable bonds is 1. The number of nitrogens with zero attached hydrogens (tertiary/aromatic N) is 1. The smallest absolute Gasteiger partial charge is 0.0874 e. The first-order chi connectivity index (χ1) is 1.91. The fraction of sp³-hybridized carbons (Fsp3) is 1.00. The lowest BCUT2D eigenvalue weighted by molar-refractivity contribution is 0.953. The third-order valence-corrected chi connectivity index (χ3v) is 0.359. The number of halogens is 1. The molecule has 0 aliphatic heterocycles. The molecule has 25 valence electrons. The van der Waals surface area contributed by atoms with Gasteiger partial charge in [-0.15, -0.1) is 11.6 Å². The van der Waals surface area contributed by atoms with Crippen LogP contribution < -0.4 is 5.32 Å². The molecule has 0 fully saturated rings. The maximum absolute atomic E-state index is 5.02. The lowest BCUT2D eigenvalue weighted by atomic mass is 11.3. The Hall–Kier alpha value is 0.250. The van der Waals surface area contributed by atoms with Crippen LogP contribution in [-0.2, 0) is 0 Å². The molecule has 4 heavy (non-hydrogen) atoms. The van der Waals surface area contributed by atoms with Crippen LogP contribution in [0.5, 0.6) is 0 Å². The summed E-state index contributed by atoms with van der Waals surface area (Å²) < 4.78 is 0. The summed E-state index contributed by atoms with van der Waals surface area (Å²) >= 11 is 5.02. The second-order valence-corrected chi connectivity index (χ2v) is 0.675. The van der Waals surface area contributed by atoms with Gasteiger partial charge in [0.15, 0.2) is 0 Å². The van der Waals surface area contributed by atoms with Crippen LogP contribution in [0.4, 0.5) is 0 Å². The number of hydrogen-bond donors (Lipinski definition) is 0. The first-order valence-electron chi connectivity index (χ1n) is 1.03. The number of alkyl halides is 1. The van der Waals surface area contributed by atoms with Crippen LogP contribution in [0.3, 0.4) is 0 Å². The molecule has 0 bridgehead atoms. The highest BCUT2D eigenvalue weighted by atomic mass is 35.5. The summed E-state index contributed by atoms with van der Waals surface area (Å²) in [5.74, 6) is 0. The number of hydrogen-bond acceptors (Lipinski definition) is 0. The monoisotopic (exact) mass is 78.0 g/mol. The summed E-state index contributed by atoms with van der Waals surface area (Å²) in [6.07, 6.45) is 0. The van der Waals surface area contributed by atoms with Crippen molar-refractivity contribution in [1.29, 1.82) is 0 Å². The van der Waals surface area contributed by atoms with Crippen molar-refractivity contribution in [2.24, 2.45) is 0 Å². The highest BCUT2D eigenvalue weighted by molar-refractivity contribution is 6.17. The van der Waals surface area contributed by atoms with E-state index in [0.29, 0.717) is 6.00 Å². The molecule has 0 saturated carbocycles. The molecule has 0 aromatic heterocycles. The molecule has 1 nitrogen and oxygen atoms in total. The Morgan fingerprint density at radius 1 is 2.00 bits per heavy atom. The van der Waals surface area contributed by atoms with Crippen molar-refractivity contribution >= 4 is 11.6 Å². The molecule has 0 spiro atoms. The predicted octanol–water partition coefficient (Wildman–Crippen LogP) is 0.417. The van der Waals surface area contributed by atoms with Crippen LogP contribution in [0.25, 0.3) is 0 Å². The van der Waals surface area contributed by atoms with Gasteiger partial charge in [0.05, 0.1) is 6.00 Å². The Balaban J connectivity index is 1.97. The fourth-order valence-corrected chi connectivity index (χ4v) is 0. The molecule has 0 aromatic rings. The average Bonchev–Trinajstić information content (AvgIpc) is 1.37. The molecule has 0 heterocycles. The largest absolute Gasteiger partial charge is 0.229 e. The van der Waals surface area contributed by atoms with Gasteiger partial charge in [0.25, 0.3) is 0 Å². The summed E-state index contributed by atoms with van der Waals surface area (Å²) in [4.78, 5) is 0. The van der Waals surface area contributed by atoms with Crippen LogP contribution in [0.1, 0.15) is 0 Å². The van der Waals surface area contributed by atoms with E-state index in [2.05, 4.69) is 5.32 Å². The van der Waals surface area contributed by atoms with Gasteiger partial charge in [-0.2, -0.15) is 0 Å². The van der Waals surface area contributed by atoms with Gasteiger partial charge in [0.1, 0.15) is 0 Å². The molecular weight excluding hydrogens is 73.5 g/mol. The molecular formula is C2H5ClN. The van der Waals surface area contributed by atoms with Crippen LogP contribution in [0, 0.1) is 0 Å². The van der Waals surface area contributed by atoms with Crippen molar-refractivity contribution in [1.82, 2.24) is 5.32 Å².